The highest BCUT2D eigenvalue weighted by atomic mass is 16.7. The van der Waals surface area contributed by atoms with Gasteiger partial charge in [-0.15, -0.1) is 0 Å². The Hall–Kier alpha value is -4.41. The van der Waals surface area contributed by atoms with Crippen LogP contribution in [0.2, 0.25) is 0 Å². The van der Waals surface area contributed by atoms with E-state index in [2.05, 4.69) is 26.1 Å². The number of rotatable bonds is 7. The van der Waals surface area contributed by atoms with E-state index in [0.29, 0.717) is 17.1 Å². The van der Waals surface area contributed by atoms with Gasteiger partial charge in [-0.05, 0) is 36.8 Å². The molecule has 0 spiro atoms. The highest BCUT2D eigenvalue weighted by Gasteiger charge is 2.23. The lowest BCUT2D eigenvalue weighted by atomic mass is 10.1. The number of hydrogen-bond donors (Lipinski definition) is 3. The Bertz CT molecular complexity index is 1140. The zero-order valence-electron chi connectivity index (χ0n) is 16.4. The number of nitro groups is 1. The Morgan fingerprint density at radius 3 is 2.61 bits per heavy atom. The van der Waals surface area contributed by atoms with E-state index in [1.807, 2.05) is 13.0 Å². The van der Waals surface area contributed by atoms with Crippen LogP contribution in [-0.2, 0) is 6.54 Å². The van der Waals surface area contributed by atoms with Gasteiger partial charge in [-0.3, -0.25) is 25.8 Å². The number of aryl methyl sites for hydroxylation is 1. The fraction of sp³-hybridized carbons (Fsp3) is 0.150. The van der Waals surface area contributed by atoms with Crippen molar-refractivity contribution in [3.8, 4) is 11.5 Å². The minimum atomic E-state index is -0.623. The summed E-state index contributed by atoms with van der Waals surface area (Å²) in [6.07, 6.45) is 1.16. The van der Waals surface area contributed by atoms with Gasteiger partial charge in [-0.25, -0.2) is 9.97 Å². The Balaban J connectivity index is 1.47. The highest BCUT2D eigenvalue weighted by molar-refractivity contribution is 5.95. The quantitative estimate of drug-likeness (QED) is 0.387. The predicted octanol–water partition coefficient (Wildman–Crippen LogP) is 2.79. The first-order valence-electron chi connectivity index (χ1n) is 9.26. The molecule has 4 rings (SSSR count). The summed E-state index contributed by atoms with van der Waals surface area (Å²) in [5.41, 5.74) is 6.76. The number of aromatic nitrogens is 2. The van der Waals surface area contributed by atoms with Crippen molar-refractivity contribution in [3.63, 3.8) is 0 Å². The third-order valence-corrected chi connectivity index (χ3v) is 4.51. The largest absolute Gasteiger partial charge is 0.454 e. The van der Waals surface area contributed by atoms with Crippen molar-refractivity contribution in [1.82, 2.24) is 15.4 Å². The summed E-state index contributed by atoms with van der Waals surface area (Å²) in [5, 5.41) is 14.6. The Labute approximate surface area is 176 Å². The van der Waals surface area contributed by atoms with E-state index in [1.165, 1.54) is 0 Å². The predicted molar refractivity (Wildman–Crippen MR) is 111 cm³/mol. The molecule has 3 aromatic rings. The maximum Gasteiger partial charge on any atom is 0.354 e. The van der Waals surface area contributed by atoms with Crippen LogP contribution in [-0.4, -0.2) is 27.6 Å². The Morgan fingerprint density at radius 2 is 1.84 bits per heavy atom. The Kier molecular flexibility index (Phi) is 5.47. The minimum Gasteiger partial charge on any atom is -0.454 e. The van der Waals surface area contributed by atoms with Crippen molar-refractivity contribution in [2.75, 3.05) is 17.5 Å². The van der Waals surface area contributed by atoms with Gasteiger partial charge in [0.1, 0.15) is 6.33 Å². The van der Waals surface area contributed by atoms with E-state index in [1.54, 1.807) is 36.4 Å². The third kappa shape index (κ3) is 4.45. The number of fused-ring (bicyclic) bond motifs is 1. The minimum absolute atomic E-state index is 0.00440. The molecule has 1 aromatic heterocycles. The average Bonchev–Trinajstić information content (AvgIpc) is 3.24. The first-order chi connectivity index (χ1) is 15.0. The van der Waals surface area contributed by atoms with Crippen LogP contribution in [0.3, 0.4) is 0 Å². The van der Waals surface area contributed by atoms with Crippen molar-refractivity contribution in [2.24, 2.45) is 0 Å². The van der Waals surface area contributed by atoms with Gasteiger partial charge in [-0.1, -0.05) is 23.8 Å². The summed E-state index contributed by atoms with van der Waals surface area (Å²) in [5.74, 6) is 0.659. The zero-order valence-corrected chi connectivity index (χ0v) is 16.4. The molecule has 31 heavy (non-hydrogen) atoms. The summed E-state index contributed by atoms with van der Waals surface area (Å²) in [7, 11) is 0. The molecule has 2 heterocycles. The van der Waals surface area contributed by atoms with Crippen LogP contribution < -0.4 is 25.6 Å². The monoisotopic (exact) mass is 422 g/mol. The number of hydrazine groups is 1. The maximum atomic E-state index is 12.3. The van der Waals surface area contributed by atoms with Crippen LogP contribution in [0, 0.1) is 17.0 Å². The number of carbonyl (C=O) groups is 1. The van der Waals surface area contributed by atoms with Crippen LogP contribution in [0.25, 0.3) is 0 Å². The first kappa shape index (κ1) is 19.9. The number of ether oxygens (including phenoxy) is 2. The molecule has 0 fully saturated rings. The average molecular weight is 422 g/mol. The molecule has 0 radical (unpaired) electrons. The SMILES string of the molecule is Cc1ccc(C(=O)NNc2ncnc(NCc3ccc4c(c3)OCO4)c2[N+](=O)[O-])cc1. The van der Waals surface area contributed by atoms with Gasteiger partial charge in [0.15, 0.2) is 11.5 Å². The summed E-state index contributed by atoms with van der Waals surface area (Å²) in [6.45, 7) is 2.32. The van der Waals surface area contributed by atoms with Crippen molar-refractivity contribution in [1.29, 1.82) is 0 Å². The number of benzene rings is 2. The normalized spacial score (nSPS) is 11.6. The molecule has 0 unspecified atom stereocenters. The molecule has 0 saturated carbocycles. The third-order valence-electron chi connectivity index (χ3n) is 4.51. The highest BCUT2D eigenvalue weighted by Crippen LogP contribution is 2.33. The fourth-order valence-electron chi connectivity index (χ4n) is 2.90. The zero-order chi connectivity index (χ0) is 21.8. The number of nitrogens with one attached hydrogen (secondary N) is 3. The molecule has 1 aliphatic rings. The molecule has 0 aliphatic carbocycles. The number of nitrogens with zero attached hydrogens (tertiary/aromatic N) is 3. The molecule has 3 N–H and O–H groups in total. The second-order valence-corrected chi connectivity index (χ2v) is 6.66. The molecule has 2 aromatic carbocycles. The van der Waals surface area contributed by atoms with Crippen LogP contribution in [0.15, 0.2) is 48.8 Å². The molecule has 1 aliphatic heterocycles. The Morgan fingerprint density at radius 1 is 1.10 bits per heavy atom. The smallest absolute Gasteiger partial charge is 0.354 e. The van der Waals surface area contributed by atoms with E-state index >= 15 is 0 Å². The lowest BCUT2D eigenvalue weighted by Gasteiger charge is -2.11. The summed E-state index contributed by atoms with van der Waals surface area (Å²) < 4.78 is 10.6. The molecule has 11 heteroatoms. The van der Waals surface area contributed by atoms with Gasteiger partial charge < -0.3 is 14.8 Å². The van der Waals surface area contributed by atoms with Gasteiger partial charge in [0.2, 0.25) is 18.4 Å². The molecular formula is C20H18N6O5. The fourth-order valence-corrected chi connectivity index (χ4v) is 2.90. The molecule has 11 nitrogen and oxygen atoms in total. The molecular weight excluding hydrogens is 404 g/mol. The standard InChI is InChI=1S/C20H18N6O5/c1-12-2-5-14(6-3-12)20(27)25-24-19-17(26(28)29)18(22-10-23-19)21-9-13-4-7-15-16(8-13)31-11-30-15/h2-8,10H,9,11H2,1H3,(H,25,27)(H2,21,22,23,24). The molecule has 158 valence electrons. The van der Waals surface area contributed by atoms with E-state index in [4.69, 9.17) is 9.47 Å². The number of carbonyl (C=O) groups excluding carboxylic acids is 1. The second-order valence-electron chi connectivity index (χ2n) is 6.66. The van der Waals surface area contributed by atoms with Crippen LogP contribution in [0.5, 0.6) is 11.5 Å². The number of amides is 1. The lowest BCUT2D eigenvalue weighted by Crippen LogP contribution is -2.30. The van der Waals surface area contributed by atoms with E-state index in [-0.39, 0.29) is 25.0 Å². The molecule has 1 amide bonds. The van der Waals surface area contributed by atoms with Gasteiger partial charge in [0.25, 0.3) is 5.91 Å². The van der Waals surface area contributed by atoms with Gasteiger partial charge in [0, 0.05) is 12.1 Å². The molecule has 0 bridgehead atoms. The number of anilines is 2. The topological polar surface area (TPSA) is 141 Å². The van der Waals surface area contributed by atoms with Gasteiger partial charge >= 0.3 is 5.69 Å². The summed E-state index contributed by atoms with van der Waals surface area (Å²) in [4.78, 5) is 31.2. The van der Waals surface area contributed by atoms with Crippen LogP contribution in [0.4, 0.5) is 17.3 Å². The van der Waals surface area contributed by atoms with Crippen LogP contribution in [0.1, 0.15) is 21.5 Å². The molecule has 0 saturated heterocycles. The van der Waals surface area contributed by atoms with Gasteiger partial charge in [-0.2, -0.15) is 0 Å². The van der Waals surface area contributed by atoms with Gasteiger partial charge in [0.05, 0.1) is 4.92 Å². The maximum absolute atomic E-state index is 12.3. The first-order valence-corrected chi connectivity index (χ1v) is 9.26. The lowest BCUT2D eigenvalue weighted by molar-refractivity contribution is -0.383. The van der Waals surface area contributed by atoms with Crippen molar-refractivity contribution < 1.29 is 19.2 Å². The van der Waals surface area contributed by atoms with E-state index < -0.39 is 16.5 Å². The molecule has 0 atom stereocenters. The van der Waals surface area contributed by atoms with Crippen molar-refractivity contribution in [2.45, 2.75) is 13.5 Å². The summed E-state index contributed by atoms with van der Waals surface area (Å²) >= 11 is 0. The van der Waals surface area contributed by atoms with Crippen molar-refractivity contribution >= 4 is 23.2 Å². The summed E-state index contributed by atoms with van der Waals surface area (Å²) in [6, 6.07) is 12.2. The van der Waals surface area contributed by atoms with Crippen molar-refractivity contribution in [3.05, 3.63) is 75.6 Å². The van der Waals surface area contributed by atoms with E-state index in [9.17, 15) is 14.9 Å². The van der Waals surface area contributed by atoms with E-state index in [0.717, 1.165) is 17.5 Å². The van der Waals surface area contributed by atoms with Crippen LogP contribution >= 0.6 is 0 Å². The second kappa shape index (κ2) is 8.53. The number of hydrogen-bond acceptors (Lipinski definition) is 9.